The van der Waals surface area contributed by atoms with E-state index in [1.165, 1.54) is 0 Å². The number of nitrogens with zero attached hydrogens (tertiary/aromatic N) is 1. The third kappa shape index (κ3) is 4.40. The molecule has 0 atom stereocenters. The van der Waals surface area contributed by atoms with Crippen LogP contribution in [0, 0.1) is 0 Å². The minimum absolute atomic E-state index is 0.109. The summed E-state index contributed by atoms with van der Waals surface area (Å²) in [5, 5.41) is 6.70. The van der Waals surface area contributed by atoms with Gasteiger partial charge in [0.15, 0.2) is 0 Å². The summed E-state index contributed by atoms with van der Waals surface area (Å²) in [5.41, 5.74) is 1.83. The first-order valence-corrected chi connectivity index (χ1v) is 7.26. The van der Waals surface area contributed by atoms with Crippen LogP contribution in [0.5, 0.6) is 0 Å². The van der Waals surface area contributed by atoms with Gasteiger partial charge in [0.05, 0.1) is 5.69 Å². The fourth-order valence-electron chi connectivity index (χ4n) is 2.19. The fourth-order valence-corrected chi connectivity index (χ4v) is 2.76. The van der Waals surface area contributed by atoms with Gasteiger partial charge < -0.3 is 5.10 Å². The van der Waals surface area contributed by atoms with Gasteiger partial charge in [0, 0.05) is 29.2 Å². The Balaban J connectivity index is 2.10. The lowest BCUT2D eigenvalue weighted by Gasteiger charge is -2.21. The quantitative estimate of drug-likeness (QED) is 0.858. The molecule has 0 aliphatic heterocycles. The second-order valence-corrected chi connectivity index (χ2v) is 5.65. The van der Waals surface area contributed by atoms with Gasteiger partial charge in [0.1, 0.15) is 0 Å². The zero-order valence-corrected chi connectivity index (χ0v) is 12.8. The monoisotopic (exact) mass is 313 g/mol. The highest BCUT2D eigenvalue weighted by Gasteiger charge is 2.09. The van der Waals surface area contributed by atoms with E-state index in [4.69, 9.17) is 23.2 Å². The molecule has 0 saturated carbocycles. The summed E-state index contributed by atoms with van der Waals surface area (Å²) in [6, 6.07) is 7.12. The molecule has 1 heterocycles. The van der Waals surface area contributed by atoms with Gasteiger partial charge in [-0.15, -0.1) is 0 Å². The molecule has 0 radical (unpaired) electrons. The molecular weight excluding hydrogens is 297 g/mol. The van der Waals surface area contributed by atoms with Gasteiger partial charge in [-0.3, -0.25) is 14.8 Å². The van der Waals surface area contributed by atoms with Gasteiger partial charge in [-0.1, -0.05) is 30.1 Å². The number of rotatable bonds is 6. The first kappa shape index (κ1) is 15.2. The van der Waals surface area contributed by atoms with Crippen molar-refractivity contribution in [3.63, 3.8) is 0 Å². The first-order valence-electron chi connectivity index (χ1n) is 6.50. The van der Waals surface area contributed by atoms with Crippen molar-refractivity contribution in [1.29, 1.82) is 0 Å². The molecule has 0 aliphatic rings. The SMILES string of the molecule is CCCN(Cc1cc(Cl)cc(Cl)c1)Cc1cc(=O)[nH][nH]1. The van der Waals surface area contributed by atoms with Crippen molar-refractivity contribution in [1.82, 2.24) is 15.1 Å². The maximum absolute atomic E-state index is 11.1. The molecular formula is C14H17Cl2N3O. The van der Waals surface area contributed by atoms with Crippen LogP contribution < -0.4 is 5.56 Å². The number of aromatic amines is 2. The molecule has 2 aromatic rings. The third-order valence-electron chi connectivity index (χ3n) is 2.91. The lowest BCUT2D eigenvalue weighted by molar-refractivity contribution is 0.254. The normalized spacial score (nSPS) is 11.2. The number of nitrogens with one attached hydrogen (secondary N) is 2. The number of hydrogen-bond acceptors (Lipinski definition) is 2. The third-order valence-corrected chi connectivity index (χ3v) is 3.35. The molecule has 0 spiro atoms. The van der Waals surface area contributed by atoms with Crippen LogP contribution in [-0.4, -0.2) is 21.6 Å². The topological polar surface area (TPSA) is 51.9 Å². The van der Waals surface area contributed by atoms with Crippen molar-refractivity contribution in [2.45, 2.75) is 26.4 Å². The van der Waals surface area contributed by atoms with Gasteiger partial charge in [-0.05, 0) is 36.7 Å². The minimum Gasteiger partial charge on any atom is -0.301 e. The van der Waals surface area contributed by atoms with Crippen molar-refractivity contribution in [2.24, 2.45) is 0 Å². The predicted octanol–water partition coefficient (Wildman–Crippen LogP) is 3.42. The molecule has 4 nitrogen and oxygen atoms in total. The lowest BCUT2D eigenvalue weighted by Crippen LogP contribution is -2.23. The Hall–Kier alpha value is -1.23. The second kappa shape index (κ2) is 6.97. The van der Waals surface area contributed by atoms with E-state index >= 15 is 0 Å². The van der Waals surface area contributed by atoms with Crippen LogP contribution in [-0.2, 0) is 13.1 Å². The number of H-pyrrole nitrogens is 2. The molecule has 2 N–H and O–H groups in total. The summed E-state index contributed by atoms with van der Waals surface area (Å²) >= 11 is 12.0. The summed E-state index contributed by atoms with van der Waals surface area (Å²) in [5.74, 6) is 0. The second-order valence-electron chi connectivity index (χ2n) is 4.77. The fraction of sp³-hybridized carbons (Fsp3) is 0.357. The molecule has 0 fully saturated rings. The number of hydrogen-bond donors (Lipinski definition) is 2. The zero-order chi connectivity index (χ0) is 14.5. The molecule has 0 bridgehead atoms. The molecule has 0 saturated heterocycles. The average Bonchev–Trinajstić information content (AvgIpc) is 2.73. The Morgan fingerprint density at radius 3 is 2.30 bits per heavy atom. The largest absolute Gasteiger partial charge is 0.301 e. The van der Waals surface area contributed by atoms with E-state index in [1.54, 1.807) is 12.1 Å². The van der Waals surface area contributed by atoms with E-state index in [-0.39, 0.29) is 5.56 Å². The maximum Gasteiger partial charge on any atom is 0.264 e. The Labute approximate surface area is 127 Å². The zero-order valence-electron chi connectivity index (χ0n) is 11.2. The first-order chi connectivity index (χ1) is 9.56. The van der Waals surface area contributed by atoms with Gasteiger partial charge in [0.2, 0.25) is 0 Å². The van der Waals surface area contributed by atoms with Crippen molar-refractivity contribution in [2.75, 3.05) is 6.54 Å². The van der Waals surface area contributed by atoms with Crippen LogP contribution in [0.1, 0.15) is 24.6 Å². The van der Waals surface area contributed by atoms with Crippen LogP contribution >= 0.6 is 23.2 Å². The predicted molar refractivity (Wildman–Crippen MR) is 82.3 cm³/mol. The highest BCUT2D eigenvalue weighted by Crippen LogP contribution is 2.20. The van der Waals surface area contributed by atoms with Crippen LogP contribution in [0.3, 0.4) is 0 Å². The lowest BCUT2D eigenvalue weighted by atomic mass is 10.2. The van der Waals surface area contributed by atoms with Gasteiger partial charge in [0.25, 0.3) is 5.56 Å². The smallest absolute Gasteiger partial charge is 0.264 e. The van der Waals surface area contributed by atoms with E-state index in [0.717, 1.165) is 30.8 Å². The molecule has 2 rings (SSSR count). The van der Waals surface area contributed by atoms with Crippen molar-refractivity contribution >= 4 is 23.2 Å². The van der Waals surface area contributed by atoms with Crippen LogP contribution in [0.4, 0.5) is 0 Å². The van der Waals surface area contributed by atoms with E-state index in [9.17, 15) is 4.79 Å². The van der Waals surface area contributed by atoms with Crippen LogP contribution in [0.25, 0.3) is 0 Å². The molecule has 0 unspecified atom stereocenters. The van der Waals surface area contributed by atoms with Gasteiger partial charge in [-0.25, -0.2) is 0 Å². The Morgan fingerprint density at radius 1 is 1.05 bits per heavy atom. The summed E-state index contributed by atoms with van der Waals surface area (Å²) in [7, 11) is 0. The van der Waals surface area contributed by atoms with Gasteiger partial charge in [-0.2, -0.15) is 0 Å². The molecule has 0 aliphatic carbocycles. The van der Waals surface area contributed by atoms with E-state index in [1.807, 2.05) is 12.1 Å². The van der Waals surface area contributed by atoms with E-state index < -0.39 is 0 Å². The highest BCUT2D eigenvalue weighted by atomic mass is 35.5. The van der Waals surface area contributed by atoms with Crippen molar-refractivity contribution in [3.8, 4) is 0 Å². The number of benzene rings is 1. The molecule has 20 heavy (non-hydrogen) atoms. The molecule has 0 amide bonds. The van der Waals surface area contributed by atoms with Crippen molar-refractivity contribution in [3.05, 3.63) is 55.9 Å². The molecule has 6 heteroatoms. The van der Waals surface area contributed by atoms with Crippen molar-refractivity contribution < 1.29 is 0 Å². The summed E-state index contributed by atoms with van der Waals surface area (Å²) in [6.07, 6.45) is 1.03. The van der Waals surface area contributed by atoms with E-state index in [2.05, 4.69) is 22.0 Å². The standard InChI is InChI=1S/C14H17Cl2N3O/c1-2-3-19(9-13-7-14(20)18-17-13)8-10-4-11(15)6-12(16)5-10/h4-7H,2-3,8-9H2,1H3,(H2,17,18,20). The van der Waals surface area contributed by atoms with Crippen LogP contribution in [0.2, 0.25) is 10.0 Å². The molecule has 1 aromatic heterocycles. The van der Waals surface area contributed by atoms with Gasteiger partial charge >= 0.3 is 0 Å². The van der Waals surface area contributed by atoms with E-state index in [0.29, 0.717) is 16.6 Å². The summed E-state index contributed by atoms with van der Waals surface area (Å²) in [6.45, 7) is 4.47. The highest BCUT2D eigenvalue weighted by molar-refractivity contribution is 6.34. The van der Waals surface area contributed by atoms with Crippen LogP contribution in [0.15, 0.2) is 29.1 Å². The Bertz CT molecular complexity index is 601. The number of halogens is 2. The Kier molecular flexibility index (Phi) is 5.29. The maximum atomic E-state index is 11.1. The summed E-state index contributed by atoms with van der Waals surface area (Å²) < 4.78 is 0. The number of aromatic nitrogens is 2. The minimum atomic E-state index is -0.109. The summed E-state index contributed by atoms with van der Waals surface area (Å²) in [4.78, 5) is 13.4. The molecule has 1 aromatic carbocycles. The molecule has 108 valence electrons. The Morgan fingerprint density at radius 2 is 1.75 bits per heavy atom. The average molecular weight is 314 g/mol.